The van der Waals surface area contributed by atoms with Gasteiger partial charge in [0.05, 0.1) is 6.04 Å². The highest BCUT2D eigenvalue weighted by Gasteiger charge is 2.32. The molecule has 4 nitrogen and oxygen atoms in total. The Bertz CT molecular complexity index is 429. The molecule has 18 heavy (non-hydrogen) atoms. The van der Waals surface area contributed by atoms with Gasteiger partial charge in [-0.15, -0.1) is 0 Å². The molecule has 2 rings (SSSR count). The van der Waals surface area contributed by atoms with Gasteiger partial charge < -0.3 is 4.74 Å². The molecular weight excluding hydrogens is 228 g/mol. The molecule has 1 saturated heterocycles. The second kappa shape index (κ2) is 5.67. The second-order valence-electron chi connectivity index (χ2n) is 4.77. The number of benzene rings is 1. The smallest absolute Gasteiger partial charge is 0.430 e. The van der Waals surface area contributed by atoms with Crippen molar-refractivity contribution in [1.82, 2.24) is 5.01 Å². The summed E-state index contributed by atoms with van der Waals surface area (Å²) in [5, 5.41) is 5.67. The maximum atomic E-state index is 11.6. The van der Waals surface area contributed by atoms with E-state index in [1.165, 1.54) is 10.6 Å². The summed E-state index contributed by atoms with van der Waals surface area (Å²) >= 11 is 0. The van der Waals surface area contributed by atoms with Crippen molar-refractivity contribution in [2.24, 2.45) is 11.0 Å². The Balaban J connectivity index is 2.05. The van der Waals surface area contributed by atoms with Crippen LogP contribution in [0.1, 0.15) is 19.4 Å². The largest absolute Gasteiger partial charge is 0.446 e. The lowest BCUT2D eigenvalue weighted by Crippen LogP contribution is -2.30. The number of cyclic esters (lactones) is 1. The van der Waals surface area contributed by atoms with Gasteiger partial charge in [0.25, 0.3) is 0 Å². The third kappa shape index (κ3) is 3.09. The van der Waals surface area contributed by atoms with Crippen LogP contribution in [0.15, 0.2) is 35.4 Å². The molecule has 0 N–H and O–H groups in total. The predicted octanol–water partition coefficient (Wildman–Crippen LogP) is 2.69. The first kappa shape index (κ1) is 12.6. The number of nitrogens with zero attached hydrogens (tertiary/aromatic N) is 2. The standard InChI is InChI=1S/C14H18N2O2/c1-11(2)9-15-16-13(10-18-14(16)17)8-12-6-4-3-5-7-12/h3-7,9,11,13H,8,10H2,1-2H3/b15-9+/t13-/m0/s1. The van der Waals surface area contributed by atoms with E-state index >= 15 is 0 Å². The van der Waals surface area contributed by atoms with Crippen LogP contribution in [0.4, 0.5) is 4.79 Å². The van der Waals surface area contributed by atoms with Crippen LogP contribution in [0.25, 0.3) is 0 Å². The van der Waals surface area contributed by atoms with Gasteiger partial charge in [-0.2, -0.15) is 10.1 Å². The van der Waals surface area contributed by atoms with Crippen LogP contribution in [0.2, 0.25) is 0 Å². The maximum absolute atomic E-state index is 11.6. The molecule has 1 aromatic rings. The number of hydrogen-bond acceptors (Lipinski definition) is 3. The quantitative estimate of drug-likeness (QED) is 0.766. The summed E-state index contributed by atoms with van der Waals surface area (Å²) < 4.78 is 5.06. The molecule has 1 fully saturated rings. The lowest BCUT2D eigenvalue weighted by molar-refractivity contribution is 0.159. The van der Waals surface area contributed by atoms with Crippen molar-refractivity contribution in [3.63, 3.8) is 0 Å². The van der Waals surface area contributed by atoms with E-state index in [4.69, 9.17) is 4.74 Å². The Morgan fingerprint density at radius 2 is 2.17 bits per heavy atom. The van der Waals surface area contributed by atoms with Crippen LogP contribution in [-0.4, -0.2) is 30.0 Å². The molecule has 1 aliphatic heterocycles. The molecule has 1 amide bonds. The normalized spacial score (nSPS) is 19.8. The average molecular weight is 246 g/mol. The van der Waals surface area contributed by atoms with Gasteiger partial charge in [0.1, 0.15) is 6.61 Å². The molecule has 0 aromatic heterocycles. The summed E-state index contributed by atoms with van der Waals surface area (Å²) in [6.45, 7) is 4.46. The fourth-order valence-electron chi connectivity index (χ4n) is 1.83. The molecule has 1 aromatic carbocycles. The zero-order valence-corrected chi connectivity index (χ0v) is 10.7. The molecule has 0 aliphatic carbocycles. The number of carbonyl (C=O) groups is 1. The van der Waals surface area contributed by atoms with E-state index in [2.05, 4.69) is 5.10 Å². The molecule has 1 heterocycles. The van der Waals surface area contributed by atoms with Crippen LogP contribution < -0.4 is 0 Å². The van der Waals surface area contributed by atoms with Gasteiger partial charge in [-0.3, -0.25) is 0 Å². The summed E-state index contributed by atoms with van der Waals surface area (Å²) in [5.74, 6) is 0.316. The molecule has 0 saturated carbocycles. The van der Waals surface area contributed by atoms with Gasteiger partial charge in [0.2, 0.25) is 0 Å². The summed E-state index contributed by atoms with van der Waals surface area (Å²) in [7, 11) is 0. The van der Waals surface area contributed by atoms with Gasteiger partial charge >= 0.3 is 6.09 Å². The SMILES string of the molecule is CC(C)/C=N/N1C(=O)OC[C@@H]1Cc1ccccc1. The van der Waals surface area contributed by atoms with Crippen molar-refractivity contribution >= 4 is 12.3 Å². The van der Waals surface area contributed by atoms with Crippen molar-refractivity contribution in [2.45, 2.75) is 26.3 Å². The monoisotopic (exact) mass is 246 g/mol. The van der Waals surface area contributed by atoms with Crippen LogP contribution in [0.3, 0.4) is 0 Å². The van der Waals surface area contributed by atoms with E-state index in [1.807, 2.05) is 44.2 Å². The van der Waals surface area contributed by atoms with E-state index in [9.17, 15) is 4.79 Å². The fourth-order valence-corrected chi connectivity index (χ4v) is 1.83. The van der Waals surface area contributed by atoms with Gasteiger partial charge in [0.15, 0.2) is 0 Å². The number of hydrazone groups is 1. The lowest BCUT2D eigenvalue weighted by atomic mass is 10.1. The average Bonchev–Trinajstić information content (AvgIpc) is 2.69. The first-order valence-corrected chi connectivity index (χ1v) is 6.21. The van der Waals surface area contributed by atoms with Gasteiger partial charge in [-0.25, -0.2) is 4.79 Å². The molecular formula is C14H18N2O2. The van der Waals surface area contributed by atoms with Crippen LogP contribution in [0.5, 0.6) is 0 Å². The minimum absolute atomic E-state index is 0.00472. The van der Waals surface area contributed by atoms with E-state index in [-0.39, 0.29) is 12.1 Å². The highest BCUT2D eigenvalue weighted by molar-refractivity contribution is 5.72. The Morgan fingerprint density at radius 1 is 1.44 bits per heavy atom. The third-order valence-corrected chi connectivity index (χ3v) is 2.74. The van der Waals surface area contributed by atoms with Crippen LogP contribution >= 0.6 is 0 Å². The van der Waals surface area contributed by atoms with E-state index in [0.29, 0.717) is 12.5 Å². The van der Waals surface area contributed by atoms with Crippen LogP contribution in [-0.2, 0) is 11.2 Å². The molecule has 1 aliphatic rings. The third-order valence-electron chi connectivity index (χ3n) is 2.74. The van der Waals surface area contributed by atoms with E-state index < -0.39 is 0 Å². The Hall–Kier alpha value is -1.84. The minimum atomic E-state index is -0.354. The number of amides is 1. The van der Waals surface area contributed by atoms with Crippen molar-refractivity contribution in [2.75, 3.05) is 6.61 Å². The zero-order valence-electron chi connectivity index (χ0n) is 10.7. The van der Waals surface area contributed by atoms with Gasteiger partial charge in [-0.1, -0.05) is 44.2 Å². The molecule has 0 radical (unpaired) electrons. The summed E-state index contributed by atoms with van der Waals surface area (Å²) in [5.41, 5.74) is 1.19. The van der Waals surface area contributed by atoms with Crippen molar-refractivity contribution < 1.29 is 9.53 Å². The summed E-state index contributed by atoms with van der Waals surface area (Å²) in [6.07, 6.45) is 2.18. The van der Waals surface area contributed by atoms with Crippen molar-refractivity contribution in [3.05, 3.63) is 35.9 Å². The molecule has 0 spiro atoms. The Morgan fingerprint density at radius 3 is 2.83 bits per heavy atom. The molecule has 4 heteroatoms. The minimum Gasteiger partial charge on any atom is -0.446 e. The predicted molar refractivity (Wildman–Crippen MR) is 70.5 cm³/mol. The zero-order chi connectivity index (χ0) is 13.0. The van der Waals surface area contributed by atoms with E-state index in [0.717, 1.165) is 6.42 Å². The number of ether oxygens (including phenoxy) is 1. The Labute approximate surface area is 107 Å². The number of hydrogen-bond donors (Lipinski definition) is 0. The molecule has 1 atom stereocenters. The fraction of sp³-hybridized carbons (Fsp3) is 0.429. The van der Waals surface area contributed by atoms with Gasteiger partial charge in [-0.05, 0) is 17.9 Å². The highest BCUT2D eigenvalue weighted by Crippen LogP contribution is 2.17. The highest BCUT2D eigenvalue weighted by atomic mass is 16.6. The van der Waals surface area contributed by atoms with Crippen LogP contribution in [0, 0.1) is 5.92 Å². The second-order valence-corrected chi connectivity index (χ2v) is 4.77. The maximum Gasteiger partial charge on any atom is 0.430 e. The topological polar surface area (TPSA) is 41.9 Å². The first-order valence-electron chi connectivity index (χ1n) is 6.21. The molecule has 0 unspecified atom stereocenters. The van der Waals surface area contributed by atoms with E-state index in [1.54, 1.807) is 6.21 Å². The Kier molecular flexibility index (Phi) is 3.97. The lowest BCUT2D eigenvalue weighted by Gasteiger charge is -2.16. The van der Waals surface area contributed by atoms with Crippen molar-refractivity contribution in [3.8, 4) is 0 Å². The summed E-state index contributed by atoms with van der Waals surface area (Å²) in [4.78, 5) is 11.6. The molecule has 96 valence electrons. The number of rotatable bonds is 4. The number of carbonyl (C=O) groups excluding carboxylic acids is 1. The van der Waals surface area contributed by atoms with Crippen molar-refractivity contribution in [1.29, 1.82) is 0 Å². The summed E-state index contributed by atoms with van der Waals surface area (Å²) in [6, 6.07) is 10.1. The van der Waals surface area contributed by atoms with Gasteiger partial charge in [0, 0.05) is 6.21 Å². The molecule has 0 bridgehead atoms. The first-order chi connectivity index (χ1) is 8.66.